The Morgan fingerprint density at radius 2 is 1.89 bits per heavy atom. The van der Waals surface area contributed by atoms with Gasteiger partial charge in [-0.3, -0.25) is 0 Å². The van der Waals surface area contributed by atoms with E-state index in [2.05, 4.69) is 56.0 Å². The summed E-state index contributed by atoms with van der Waals surface area (Å²) in [5.74, 6) is 1.11. The van der Waals surface area contributed by atoms with E-state index in [0.717, 1.165) is 30.9 Å². The summed E-state index contributed by atoms with van der Waals surface area (Å²) >= 11 is 1.87. The Hall–Kier alpha value is -1.06. The lowest BCUT2D eigenvalue weighted by molar-refractivity contribution is 0.324. The predicted octanol–water partition coefficient (Wildman–Crippen LogP) is 3.98. The third-order valence-electron chi connectivity index (χ3n) is 3.41. The van der Waals surface area contributed by atoms with Gasteiger partial charge in [-0.25, -0.2) is 4.98 Å². The van der Waals surface area contributed by atoms with Crippen molar-refractivity contribution in [1.29, 1.82) is 0 Å². The van der Waals surface area contributed by atoms with Crippen molar-refractivity contribution in [3.8, 4) is 0 Å². The van der Waals surface area contributed by atoms with Crippen LogP contribution in [0.2, 0.25) is 0 Å². The molecule has 0 unspecified atom stereocenters. The van der Waals surface area contributed by atoms with Crippen LogP contribution in [0, 0.1) is 6.92 Å². The number of aryl methyl sites for hydroxylation is 1. The zero-order valence-electron chi connectivity index (χ0n) is 12.0. The number of aromatic nitrogens is 1. The summed E-state index contributed by atoms with van der Waals surface area (Å²) in [5.41, 5.74) is 2.38. The number of pyridine rings is 1. The van der Waals surface area contributed by atoms with Gasteiger partial charge in [-0.05, 0) is 37.7 Å². The maximum Gasteiger partial charge on any atom is 0.0997 e. The molecule has 3 heteroatoms. The molecule has 102 valence electrons. The minimum absolute atomic E-state index is 1.10. The summed E-state index contributed by atoms with van der Waals surface area (Å²) in [4.78, 5) is 7.22. The van der Waals surface area contributed by atoms with Crippen LogP contribution in [-0.4, -0.2) is 35.3 Å². The van der Waals surface area contributed by atoms with Crippen molar-refractivity contribution in [3.05, 3.63) is 35.9 Å². The Kier molecular flexibility index (Phi) is 5.23. The molecule has 0 aliphatic carbocycles. The largest absolute Gasteiger partial charge is 0.303 e. The van der Waals surface area contributed by atoms with Gasteiger partial charge in [0.2, 0.25) is 0 Å². The van der Waals surface area contributed by atoms with Crippen LogP contribution in [0.25, 0.3) is 10.9 Å². The summed E-state index contributed by atoms with van der Waals surface area (Å²) < 4.78 is 0. The number of hydrogen-bond acceptors (Lipinski definition) is 3. The fraction of sp³-hybridized carbons (Fsp3) is 0.438. The molecule has 0 atom stereocenters. The van der Waals surface area contributed by atoms with Gasteiger partial charge in [-0.2, -0.15) is 0 Å². The maximum absolute atomic E-state index is 4.77. The van der Waals surface area contributed by atoms with Crippen LogP contribution < -0.4 is 0 Å². The van der Waals surface area contributed by atoms with E-state index in [9.17, 15) is 0 Å². The highest BCUT2D eigenvalue weighted by Crippen LogP contribution is 2.24. The summed E-state index contributed by atoms with van der Waals surface area (Å²) in [5, 5.41) is 2.40. The fourth-order valence-corrected chi connectivity index (χ4v) is 3.15. The van der Waals surface area contributed by atoms with E-state index in [1.165, 1.54) is 16.0 Å². The second kappa shape index (κ2) is 6.92. The molecule has 0 amide bonds. The highest BCUT2D eigenvalue weighted by Gasteiger charge is 2.05. The van der Waals surface area contributed by atoms with E-state index in [1.54, 1.807) is 0 Å². The summed E-state index contributed by atoms with van der Waals surface area (Å²) in [6.45, 7) is 9.97. The molecule has 0 N–H and O–H groups in total. The normalized spacial score (nSPS) is 11.4. The van der Waals surface area contributed by atoms with E-state index in [0.29, 0.717) is 0 Å². The van der Waals surface area contributed by atoms with Crippen LogP contribution in [0.3, 0.4) is 0 Å². The number of thioether (sulfide) groups is 1. The standard InChI is InChI=1S/C16H22N2S/c1-4-18(5-2)10-11-19-16-13(3)12-14-8-6-7-9-15(14)17-16/h6-9,12H,4-5,10-11H2,1-3H3. The molecule has 0 saturated carbocycles. The van der Waals surface area contributed by atoms with Gasteiger partial charge in [-0.1, -0.05) is 32.0 Å². The molecule has 19 heavy (non-hydrogen) atoms. The molecule has 2 aromatic rings. The van der Waals surface area contributed by atoms with Crippen LogP contribution >= 0.6 is 11.8 Å². The van der Waals surface area contributed by atoms with Crippen molar-refractivity contribution in [3.63, 3.8) is 0 Å². The lowest BCUT2D eigenvalue weighted by Crippen LogP contribution is -2.25. The van der Waals surface area contributed by atoms with E-state index < -0.39 is 0 Å². The van der Waals surface area contributed by atoms with Crippen LogP contribution in [0.15, 0.2) is 35.4 Å². The molecule has 0 saturated heterocycles. The first-order chi connectivity index (χ1) is 9.24. The van der Waals surface area contributed by atoms with Crippen molar-refractivity contribution in [1.82, 2.24) is 9.88 Å². The third-order valence-corrected chi connectivity index (χ3v) is 4.48. The van der Waals surface area contributed by atoms with Crippen LogP contribution in [0.4, 0.5) is 0 Å². The zero-order chi connectivity index (χ0) is 13.7. The van der Waals surface area contributed by atoms with Gasteiger partial charge >= 0.3 is 0 Å². The smallest absolute Gasteiger partial charge is 0.0997 e. The molecule has 1 heterocycles. The number of rotatable bonds is 6. The lowest BCUT2D eigenvalue weighted by Gasteiger charge is -2.17. The van der Waals surface area contributed by atoms with Crippen molar-refractivity contribution in [2.75, 3.05) is 25.4 Å². The van der Waals surface area contributed by atoms with Gasteiger partial charge in [0.25, 0.3) is 0 Å². The predicted molar refractivity (Wildman–Crippen MR) is 85.0 cm³/mol. The molecule has 2 rings (SSSR count). The van der Waals surface area contributed by atoms with E-state index in [1.807, 2.05) is 11.8 Å². The Balaban J connectivity index is 2.06. The Morgan fingerprint density at radius 1 is 1.16 bits per heavy atom. The molecular formula is C16H22N2S. The summed E-state index contributed by atoms with van der Waals surface area (Å²) in [7, 11) is 0. The third kappa shape index (κ3) is 3.71. The molecule has 0 aliphatic heterocycles. The molecule has 0 fully saturated rings. The lowest BCUT2D eigenvalue weighted by atomic mass is 10.2. The number of fused-ring (bicyclic) bond motifs is 1. The minimum Gasteiger partial charge on any atom is -0.303 e. The SMILES string of the molecule is CCN(CC)CCSc1nc2ccccc2cc1C. The Labute approximate surface area is 120 Å². The Bertz CT molecular complexity index is 535. The van der Waals surface area contributed by atoms with Crippen molar-refractivity contribution >= 4 is 22.7 Å². The fourth-order valence-electron chi connectivity index (χ4n) is 2.16. The first-order valence-corrected chi connectivity index (χ1v) is 7.94. The number of para-hydroxylation sites is 1. The molecule has 0 radical (unpaired) electrons. The summed E-state index contributed by atoms with van der Waals surface area (Å²) in [6, 6.07) is 10.6. The molecule has 0 spiro atoms. The van der Waals surface area contributed by atoms with Crippen LogP contribution in [0.1, 0.15) is 19.4 Å². The second-order valence-electron chi connectivity index (χ2n) is 4.68. The number of hydrogen-bond donors (Lipinski definition) is 0. The molecule has 1 aromatic carbocycles. The highest BCUT2D eigenvalue weighted by atomic mass is 32.2. The van der Waals surface area contributed by atoms with Crippen molar-refractivity contribution < 1.29 is 0 Å². The van der Waals surface area contributed by atoms with E-state index >= 15 is 0 Å². The maximum atomic E-state index is 4.77. The molecule has 1 aromatic heterocycles. The first kappa shape index (κ1) is 14.4. The Morgan fingerprint density at radius 3 is 2.63 bits per heavy atom. The monoisotopic (exact) mass is 274 g/mol. The average Bonchev–Trinajstić information content (AvgIpc) is 2.44. The van der Waals surface area contributed by atoms with Gasteiger partial charge in [0.15, 0.2) is 0 Å². The van der Waals surface area contributed by atoms with E-state index in [-0.39, 0.29) is 0 Å². The molecule has 2 nitrogen and oxygen atoms in total. The van der Waals surface area contributed by atoms with Gasteiger partial charge in [0.05, 0.1) is 10.5 Å². The second-order valence-corrected chi connectivity index (χ2v) is 5.76. The van der Waals surface area contributed by atoms with E-state index in [4.69, 9.17) is 4.98 Å². The van der Waals surface area contributed by atoms with Gasteiger partial charge in [0, 0.05) is 17.7 Å². The molecular weight excluding hydrogens is 252 g/mol. The molecule has 0 aliphatic rings. The first-order valence-electron chi connectivity index (χ1n) is 6.96. The van der Waals surface area contributed by atoms with Gasteiger partial charge < -0.3 is 4.90 Å². The van der Waals surface area contributed by atoms with Crippen LogP contribution in [-0.2, 0) is 0 Å². The van der Waals surface area contributed by atoms with Crippen LogP contribution in [0.5, 0.6) is 0 Å². The summed E-state index contributed by atoms with van der Waals surface area (Å²) in [6.07, 6.45) is 0. The van der Waals surface area contributed by atoms with Gasteiger partial charge in [0.1, 0.15) is 0 Å². The van der Waals surface area contributed by atoms with Crippen molar-refractivity contribution in [2.24, 2.45) is 0 Å². The van der Waals surface area contributed by atoms with Gasteiger partial charge in [-0.15, -0.1) is 11.8 Å². The zero-order valence-corrected chi connectivity index (χ0v) is 12.8. The molecule has 0 bridgehead atoms. The average molecular weight is 274 g/mol. The van der Waals surface area contributed by atoms with Crippen molar-refractivity contribution in [2.45, 2.75) is 25.8 Å². The quantitative estimate of drug-likeness (QED) is 0.741. The number of nitrogens with zero attached hydrogens (tertiary/aromatic N) is 2. The highest BCUT2D eigenvalue weighted by molar-refractivity contribution is 7.99. The minimum atomic E-state index is 1.10. The number of benzene rings is 1. The topological polar surface area (TPSA) is 16.1 Å².